The third-order valence-corrected chi connectivity index (χ3v) is 2.53. The van der Waals surface area contributed by atoms with Crippen LogP contribution in [-0.2, 0) is 4.74 Å². The molecule has 0 saturated carbocycles. The van der Waals surface area contributed by atoms with E-state index >= 15 is 0 Å². The zero-order valence-electron chi connectivity index (χ0n) is 12.5. The zero-order valence-corrected chi connectivity index (χ0v) is 12.5. The first-order chi connectivity index (χ1) is 8.59. The van der Waals surface area contributed by atoms with Crippen molar-refractivity contribution in [3.05, 3.63) is 0 Å². The van der Waals surface area contributed by atoms with Crippen LogP contribution in [0.5, 0.6) is 0 Å². The van der Waals surface area contributed by atoms with Crippen LogP contribution in [0.3, 0.4) is 0 Å². The summed E-state index contributed by atoms with van der Waals surface area (Å²) in [5, 5.41) is 4.88. The van der Waals surface area contributed by atoms with Crippen molar-refractivity contribution in [1.82, 2.24) is 10.6 Å². The van der Waals surface area contributed by atoms with Gasteiger partial charge in [-0.15, -0.1) is 0 Å². The van der Waals surface area contributed by atoms with Crippen molar-refractivity contribution in [1.29, 1.82) is 0 Å². The lowest BCUT2D eigenvalue weighted by atomic mass is 10.1. The van der Waals surface area contributed by atoms with Gasteiger partial charge in [-0.05, 0) is 33.6 Å². The summed E-state index contributed by atoms with van der Waals surface area (Å²) < 4.78 is 31.9. The number of ether oxygens (including phenoxy) is 1. The number of halogens is 2. The van der Waals surface area contributed by atoms with Crippen LogP contribution in [-0.4, -0.2) is 36.7 Å². The van der Waals surface area contributed by atoms with Crippen LogP contribution >= 0.6 is 0 Å². The Balaban J connectivity index is 4.06. The molecule has 0 bridgehead atoms. The first-order valence-corrected chi connectivity index (χ1v) is 6.67. The number of carbonyl (C=O) groups is 1. The molecule has 0 aromatic carbocycles. The highest BCUT2D eigenvalue weighted by Gasteiger charge is 2.30. The molecular formula is C13H26F2N2O2. The molecule has 114 valence electrons. The van der Waals surface area contributed by atoms with E-state index in [1.54, 1.807) is 20.8 Å². The summed E-state index contributed by atoms with van der Waals surface area (Å²) in [6.07, 6.45) is 0.771. The summed E-state index contributed by atoms with van der Waals surface area (Å²) in [6, 6.07) is 0.0763. The molecule has 0 spiro atoms. The Morgan fingerprint density at radius 1 is 1.16 bits per heavy atom. The van der Waals surface area contributed by atoms with Gasteiger partial charge < -0.3 is 15.4 Å². The number of alkyl carbamates (subject to hydrolysis) is 1. The minimum absolute atomic E-state index is 0.0763. The molecule has 0 fully saturated rings. The van der Waals surface area contributed by atoms with Crippen molar-refractivity contribution >= 4 is 6.09 Å². The third kappa shape index (κ3) is 9.64. The summed E-state index contributed by atoms with van der Waals surface area (Å²) in [5.74, 6) is -2.99. The highest BCUT2D eigenvalue weighted by atomic mass is 19.3. The summed E-state index contributed by atoms with van der Waals surface area (Å²) >= 11 is 0. The van der Waals surface area contributed by atoms with Gasteiger partial charge in [-0.3, -0.25) is 0 Å². The average Bonchev–Trinajstić information content (AvgIpc) is 2.26. The van der Waals surface area contributed by atoms with Gasteiger partial charge in [0.15, 0.2) is 0 Å². The lowest BCUT2D eigenvalue weighted by molar-refractivity contribution is -0.00572. The molecule has 0 unspecified atom stereocenters. The molecule has 19 heavy (non-hydrogen) atoms. The van der Waals surface area contributed by atoms with Gasteiger partial charge in [0, 0.05) is 6.04 Å². The van der Waals surface area contributed by atoms with Crippen molar-refractivity contribution in [3.8, 4) is 0 Å². The highest BCUT2D eigenvalue weighted by Crippen LogP contribution is 2.12. The van der Waals surface area contributed by atoms with Gasteiger partial charge >= 0.3 is 6.09 Å². The van der Waals surface area contributed by atoms with E-state index in [-0.39, 0.29) is 6.04 Å². The topological polar surface area (TPSA) is 50.4 Å². The summed E-state index contributed by atoms with van der Waals surface area (Å²) in [4.78, 5) is 11.3. The summed E-state index contributed by atoms with van der Waals surface area (Å²) in [7, 11) is 0. The monoisotopic (exact) mass is 280 g/mol. The fraction of sp³-hybridized carbons (Fsp3) is 0.923. The lowest BCUT2D eigenvalue weighted by Crippen LogP contribution is -2.46. The lowest BCUT2D eigenvalue weighted by Gasteiger charge is -2.23. The van der Waals surface area contributed by atoms with Crippen molar-refractivity contribution in [2.24, 2.45) is 0 Å². The number of alkyl halides is 2. The second-order valence-electron chi connectivity index (χ2n) is 5.61. The van der Waals surface area contributed by atoms with Crippen LogP contribution in [0.2, 0.25) is 0 Å². The molecule has 0 aliphatic carbocycles. The predicted octanol–water partition coefficient (Wildman–Crippen LogP) is 2.92. The van der Waals surface area contributed by atoms with E-state index in [1.165, 1.54) is 0 Å². The summed E-state index contributed by atoms with van der Waals surface area (Å²) in [5.41, 5.74) is -0.687. The molecule has 0 rings (SSSR count). The van der Waals surface area contributed by atoms with Crippen LogP contribution in [0.4, 0.5) is 13.6 Å². The Morgan fingerprint density at radius 3 is 2.11 bits per heavy atom. The predicted molar refractivity (Wildman–Crippen MR) is 71.6 cm³/mol. The Bertz CT molecular complexity index is 274. The van der Waals surface area contributed by atoms with Crippen molar-refractivity contribution in [2.75, 3.05) is 13.1 Å². The molecule has 0 atom stereocenters. The Morgan fingerprint density at radius 2 is 1.68 bits per heavy atom. The van der Waals surface area contributed by atoms with Crippen molar-refractivity contribution in [2.45, 2.75) is 65.0 Å². The molecule has 1 amide bonds. The Kier molecular flexibility index (Phi) is 7.26. The molecule has 0 aromatic heterocycles. The molecule has 0 heterocycles. The van der Waals surface area contributed by atoms with Gasteiger partial charge in [0.1, 0.15) is 5.60 Å². The van der Waals surface area contributed by atoms with E-state index in [1.807, 2.05) is 13.8 Å². The van der Waals surface area contributed by atoms with E-state index in [0.717, 1.165) is 12.8 Å². The maximum atomic E-state index is 13.5. The maximum Gasteiger partial charge on any atom is 0.407 e. The Labute approximate surface area is 114 Å². The second kappa shape index (κ2) is 7.62. The van der Waals surface area contributed by atoms with Crippen molar-refractivity contribution < 1.29 is 18.3 Å². The molecule has 6 heteroatoms. The third-order valence-electron chi connectivity index (χ3n) is 2.53. The second-order valence-corrected chi connectivity index (χ2v) is 5.61. The van der Waals surface area contributed by atoms with E-state index < -0.39 is 30.7 Å². The van der Waals surface area contributed by atoms with Crippen molar-refractivity contribution in [3.63, 3.8) is 0 Å². The highest BCUT2D eigenvalue weighted by molar-refractivity contribution is 5.67. The SMILES string of the molecule is CCC(CC)NCC(F)(F)CNC(=O)OC(C)(C)C. The number of nitrogens with one attached hydrogen (secondary N) is 2. The standard InChI is InChI=1S/C13H26F2N2O2/c1-6-10(7-2)16-8-13(14,15)9-17-11(18)19-12(3,4)5/h10,16H,6-9H2,1-5H3,(H,17,18). The van der Waals surface area contributed by atoms with Gasteiger partial charge in [-0.1, -0.05) is 13.8 Å². The molecule has 0 aromatic rings. The van der Waals surface area contributed by atoms with E-state index in [0.29, 0.717) is 0 Å². The minimum Gasteiger partial charge on any atom is -0.444 e. The summed E-state index contributed by atoms with van der Waals surface area (Å²) in [6.45, 7) is 7.75. The number of rotatable bonds is 7. The number of hydrogen-bond donors (Lipinski definition) is 2. The largest absolute Gasteiger partial charge is 0.444 e. The molecule has 0 aliphatic rings. The first-order valence-electron chi connectivity index (χ1n) is 6.67. The molecule has 0 radical (unpaired) electrons. The normalized spacial score (nSPS) is 12.6. The van der Waals surface area contributed by atoms with Gasteiger partial charge in [0.05, 0.1) is 13.1 Å². The fourth-order valence-electron chi connectivity index (χ4n) is 1.45. The van der Waals surface area contributed by atoms with Gasteiger partial charge in [0.2, 0.25) is 0 Å². The molecule has 2 N–H and O–H groups in total. The molecule has 4 nitrogen and oxygen atoms in total. The van der Waals surface area contributed by atoms with Gasteiger partial charge in [-0.25, -0.2) is 13.6 Å². The quantitative estimate of drug-likeness (QED) is 0.754. The first kappa shape index (κ1) is 18.1. The molecule has 0 saturated heterocycles. The average molecular weight is 280 g/mol. The fourth-order valence-corrected chi connectivity index (χ4v) is 1.45. The van der Waals surface area contributed by atoms with E-state index in [9.17, 15) is 13.6 Å². The van der Waals surface area contributed by atoms with Crippen LogP contribution in [0, 0.1) is 0 Å². The zero-order chi connectivity index (χ0) is 15.1. The minimum atomic E-state index is -2.99. The smallest absolute Gasteiger partial charge is 0.407 e. The molecular weight excluding hydrogens is 254 g/mol. The molecule has 0 aliphatic heterocycles. The number of amides is 1. The van der Waals surface area contributed by atoms with E-state index in [2.05, 4.69) is 10.6 Å². The van der Waals surface area contributed by atoms with Crippen LogP contribution < -0.4 is 10.6 Å². The van der Waals surface area contributed by atoms with E-state index in [4.69, 9.17) is 4.74 Å². The maximum absolute atomic E-state index is 13.5. The van der Waals surface area contributed by atoms with Gasteiger partial charge in [0.25, 0.3) is 5.92 Å². The van der Waals surface area contributed by atoms with Crippen LogP contribution in [0.25, 0.3) is 0 Å². The van der Waals surface area contributed by atoms with Crippen LogP contribution in [0.15, 0.2) is 0 Å². The number of hydrogen-bond acceptors (Lipinski definition) is 3. The Hall–Kier alpha value is -0.910. The number of carbonyl (C=O) groups excluding carboxylic acids is 1. The van der Waals surface area contributed by atoms with Gasteiger partial charge in [-0.2, -0.15) is 0 Å². The van der Waals surface area contributed by atoms with Crippen LogP contribution in [0.1, 0.15) is 47.5 Å².